The Hall–Kier alpha value is -1.40. The van der Waals surface area contributed by atoms with Gasteiger partial charge >= 0.3 is 6.09 Å². The molecule has 1 saturated heterocycles. The molecular weight excluding hydrogens is 290 g/mol. The molecule has 1 aliphatic rings. The predicted molar refractivity (Wildman–Crippen MR) is 81.2 cm³/mol. The van der Waals surface area contributed by atoms with Gasteiger partial charge in [-0.1, -0.05) is 30.3 Å². The molecule has 1 aromatic carbocycles. The lowest BCUT2D eigenvalue weighted by molar-refractivity contribution is 0.0820. The van der Waals surface area contributed by atoms with Crippen LogP contribution in [0, 0.1) is 5.92 Å². The van der Waals surface area contributed by atoms with Gasteiger partial charge in [-0.05, 0) is 30.7 Å². The second-order valence-electron chi connectivity index (χ2n) is 5.28. The Bertz CT molecular complexity index is 472. The van der Waals surface area contributed by atoms with Gasteiger partial charge in [0, 0.05) is 18.8 Å². The van der Waals surface area contributed by atoms with Crippen molar-refractivity contribution in [1.82, 2.24) is 4.90 Å². The zero-order chi connectivity index (χ0) is 15.1. The number of rotatable bonds is 5. The van der Waals surface area contributed by atoms with Gasteiger partial charge in [-0.2, -0.15) is 0 Å². The Kier molecular flexibility index (Phi) is 6.20. The summed E-state index contributed by atoms with van der Waals surface area (Å²) in [6.07, 6.45) is 2.22. The minimum Gasteiger partial charge on any atom is -0.445 e. The molecule has 0 radical (unpaired) electrons. The highest BCUT2D eigenvalue weighted by molar-refractivity contribution is 7.79. The van der Waals surface area contributed by atoms with Crippen molar-refractivity contribution < 1.29 is 18.3 Å². The fourth-order valence-electron chi connectivity index (χ4n) is 2.48. The van der Waals surface area contributed by atoms with Gasteiger partial charge in [0.1, 0.15) is 6.61 Å². The van der Waals surface area contributed by atoms with Crippen LogP contribution in [0.15, 0.2) is 30.3 Å². The van der Waals surface area contributed by atoms with Crippen molar-refractivity contribution in [3.8, 4) is 0 Å². The highest BCUT2D eigenvalue weighted by Crippen LogP contribution is 2.21. The van der Waals surface area contributed by atoms with Gasteiger partial charge in [0.25, 0.3) is 0 Å². The van der Waals surface area contributed by atoms with Crippen LogP contribution in [-0.2, 0) is 22.4 Å². The van der Waals surface area contributed by atoms with Gasteiger partial charge < -0.3 is 14.2 Å². The third-order valence-corrected chi connectivity index (χ3v) is 4.36. The molecule has 1 amide bonds. The fourth-order valence-corrected chi connectivity index (χ4v) is 3.02. The maximum Gasteiger partial charge on any atom is 0.410 e. The topological polar surface area (TPSA) is 66.8 Å². The average Bonchev–Trinajstić information content (AvgIpc) is 2.52. The molecule has 21 heavy (non-hydrogen) atoms. The summed E-state index contributed by atoms with van der Waals surface area (Å²) < 4.78 is 24.7. The SMILES string of the molecule is O=C(OCc1ccccc1)N1CCC(CCS(=O)O)CC1. The van der Waals surface area contributed by atoms with Crippen LogP contribution in [0.2, 0.25) is 0 Å². The predicted octanol–water partition coefficient (Wildman–Crippen LogP) is 2.65. The van der Waals surface area contributed by atoms with E-state index in [0.29, 0.717) is 31.4 Å². The Morgan fingerprint density at radius 3 is 2.57 bits per heavy atom. The van der Waals surface area contributed by atoms with E-state index in [0.717, 1.165) is 24.8 Å². The van der Waals surface area contributed by atoms with Crippen molar-refractivity contribution in [2.45, 2.75) is 25.9 Å². The summed E-state index contributed by atoms with van der Waals surface area (Å²) >= 11 is -1.71. The Morgan fingerprint density at radius 1 is 1.29 bits per heavy atom. The minimum absolute atomic E-state index is 0.275. The molecule has 5 nitrogen and oxygen atoms in total. The van der Waals surface area contributed by atoms with Crippen molar-refractivity contribution in [2.24, 2.45) is 5.92 Å². The number of hydrogen-bond acceptors (Lipinski definition) is 3. The number of carbonyl (C=O) groups excluding carboxylic acids is 1. The van der Waals surface area contributed by atoms with Gasteiger partial charge in [-0.3, -0.25) is 0 Å². The number of ether oxygens (including phenoxy) is 1. The van der Waals surface area contributed by atoms with E-state index in [4.69, 9.17) is 9.29 Å². The summed E-state index contributed by atoms with van der Waals surface area (Å²) in [6.45, 7) is 1.62. The highest BCUT2D eigenvalue weighted by Gasteiger charge is 2.23. The largest absolute Gasteiger partial charge is 0.445 e. The van der Waals surface area contributed by atoms with Crippen molar-refractivity contribution in [3.05, 3.63) is 35.9 Å². The number of amides is 1. The molecule has 0 aromatic heterocycles. The van der Waals surface area contributed by atoms with Gasteiger partial charge in [0.2, 0.25) is 0 Å². The van der Waals surface area contributed by atoms with E-state index in [2.05, 4.69) is 0 Å². The molecule has 2 rings (SSSR count). The lowest BCUT2D eigenvalue weighted by Gasteiger charge is -2.31. The number of likely N-dealkylation sites (tertiary alicyclic amines) is 1. The third-order valence-electron chi connectivity index (χ3n) is 3.78. The summed E-state index contributed by atoms with van der Waals surface area (Å²) in [4.78, 5) is 13.7. The molecule has 0 aliphatic carbocycles. The van der Waals surface area contributed by atoms with Crippen LogP contribution in [-0.4, -0.2) is 38.6 Å². The monoisotopic (exact) mass is 311 g/mol. The highest BCUT2D eigenvalue weighted by atomic mass is 32.2. The number of benzene rings is 1. The maximum atomic E-state index is 12.0. The zero-order valence-electron chi connectivity index (χ0n) is 11.9. The number of nitrogens with zero attached hydrogens (tertiary/aromatic N) is 1. The molecule has 1 atom stereocenters. The lowest BCUT2D eigenvalue weighted by Crippen LogP contribution is -2.39. The van der Waals surface area contributed by atoms with Crippen LogP contribution in [0.1, 0.15) is 24.8 Å². The maximum absolute atomic E-state index is 12.0. The van der Waals surface area contributed by atoms with E-state index < -0.39 is 11.1 Å². The molecule has 6 heteroatoms. The number of carbonyl (C=O) groups is 1. The van der Waals surface area contributed by atoms with Gasteiger partial charge in [-0.15, -0.1) is 0 Å². The first-order valence-electron chi connectivity index (χ1n) is 7.18. The minimum atomic E-state index is -1.71. The molecule has 116 valence electrons. The number of piperidine rings is 1. The Balaban J connectivity index is 1.69. The van der Waals surface area contributed by atoms with Crippen LogP contribution in [0.4, 0.5) is 4.79 Å². The van der Waals surface area contributed by atoms with Crippen LogP contribution in [0.25, 0.3) is 0 Å². The van der Waals surface area contributed by atoms with Crippen LogP contribution in [0.3, 0.4) is 0 Å². The van der Waals surface area contributed by atoms with Gasteiger partial charge in [-0.25, -0.2) is 9.00 Å². The van der Waals surface area contributed by atoms with E-state index in [1.165, 1.54) is 0 Å². The van der Waals surface area contributed by atoms with E-state index in [9.17, 15) is 9.00 Å². The molecule has 1 fully saturated rings. The van der Waals surface area contributed by atoms with E-state index in [1.54, 1.807) is 4.90 Å². The fraction of sp³-hybridized carbons (Fsp3) is 0.533. The molecule has 0 saturated carbocycles. The quantitative estimate of drug-likeness (QED) is 0.849. The first kappa shape index (κ1) is 16.0. The molecule has 1 unspecified atom stereocenters. The Morgan fingerprint density at radius 2 is 1.95 bits per heavy atom. The van der Waals surface area contributed by atoms with E-state index >= 15 is 0 Å². The first-order valence-corrected chi connectivity index (χ1v) is 8.46. The van der Waals surface area contributed by atoms with Crippen molar-refractivity contribution in [3.63, 3.8) is 0 Å². The smallest absolute Gasteiger partial charge is 0.410 e. The van der Waals surface area contributed by atoms with Crippen molar-refractivity contribution >= 4 is 17.2 Å². The van der Waals surface area contributed by atoms with Crippen LogP contribution < -0.4 is 0 Å². The third kappa shape index (κ3) is 5.47. The van der Waals surface area contributed by atoms with Crippen molar-refractivity contribution in [1.29, 1.82) is 0 Å². The molecular formula is C15H21NO4S. The zero-order valence-corrected chi connectivity index (χ0v) is 12.8. The second-order valence-corrected chi connectivity index (χ2v) is 6.34. The standard InChI is InChI=1S/C15H21NO4S/c17-15(20-12-14-4-2-1-3-5-14)16-9-6-13(7-10-16)8-11-21(18)19/h1-5,13H,6-12H2,(H,18,19). The second kappa shape index (κ2) is 8.14. The van der Waals surface area contributed by atoms with Crippen LogP contribution in [0.5, 0.6) is 0 Å². The molecule has 1 aliphatic heterocycles. The summed E-state index contributed by atoms with van der Waals surface area (Å²) in [7, 11) is 0. The van der Waals surface area contributed by atoms with Crippen LogP contribution >= 0.6 is 0 Å². The normalized spacial score (nSPS) is 17.5. The summed E-state index contributed by atoms with van der Waals surface area (Å²) in [5.74, 6) is 0.752. The van der Waals surface area contributed by atoms with Gasteiger partial charge in [0.15, 0.2) is 11.1 Å². The summed E-state index contributed by atoms with van der Waals surface area (Å²) in [6, 6.07) is 9.61. The molecule has 0 bridgehead atoms. The number of hydrogen-bond donors (Lipinski definition) is 1. The van der Waals surface area contributed by atoms with Crippen molar-refractivity contribution in [2.75, 3.05) is 18.8 Å². The molecule has 1 aromatic rings. The lowest BCUT2D eigenvalue weighted by atomic mass is 9.95. The average molecular weight is 311 g/mol. The Labute approximate surface area is 127 Å². The molecule has 1 heterocycles. The van der Waals surface area contributed by atoms with Gasteiger partial charge in [0.05, 0.1) is 0 Å². The molecule has 1 N–H and O–H groups in total. The molecule has 0 spiro atoms. The summed E-state index contributed by atoms with van der Waals surface area (Å²) in [5.41, 5.74) is 0.978. The van der Waals surface area contributed by atoms with E-state index in [-0.39, 0.29) is 6.09 Å². The van der Waals surface area contributed by atoms with E-state index in [1.807, 2.05) is 30.3 Å². The summed E-state index contributed by atoms with van der Waals surface area (Å²) in [5, 5.41) is 0. The first-order chi connectivity index (χ1) is 10.1.